The summed E-state index contributed by atoms with van der Waals surface area (Å²) in [6, 6.07) is 8.91. The highest BCUT2D eigenvalue weighted by atomic mass is 32.1. The SMILES string of the molecule is OC1CCCCC1N1CCC(NC(=NCc2cccs2)NCCc2ccco2)CC1. The smallest absolute Gasteiger partial charge is 0.191 e. The maximum atomic E-state index is 10.4. The van der Waals surface area contributed by atoms with E-state index < -0.39 is 0 Å². The van der Waals surface area contributed by atoms with E-state index >= 15 is 0 Å². The van der Waals surface area contributed by atoms with Crippen molar-refractivity contribution in [3.8, 4) is 0 Å². The van der Waals surface area contributed by atoms with E-state index in [1.807, 2.05) is 12.1 Å². The van der Waals surface area contributed by atoms with E-state index in [9.17, 15) is 5.11 Å². The average molecular weight is 431 g/mol. The fourth-order valence-corrected chi connectivity index (χ4v) is 5.19. The highest BCUT2D eigenvalue weighted by Gasteiger charge is 2.31. The van der Waals surface area contributed by atoms with Crippen molar-refractivity contribution < 1.29 is 9.52 Å². The molecule has 2 atom stereocenters. The van der Waals surface area contributed by atoms with Crippen LogP contribution in [0.15, 0.2) is 45.3 Å². The molecule has 1 aliphatic carbocycles. The molecular weight excluding hydrogens is 396 g/mol. The maximum Gasteiger partial charge on any atom is 0.191 e. The third-order valence-corrected chi connectivity index (χ3v) is 7.11. The Balaban J connectivity index is 1.29. The van der Waals surface area contributed by atoms with Gasteiger partial charge in [0.1, 0.15) is 5.76 Å². The van der Waals surface area contributed by atoms with Crippen molar-refractivity contribution >= 4 is 17.3 Å². The van der Waals surface area contributed by atoms with Crippen LogP contribution in [0.3, 0.4) is 0 Å². The second kappa shape index (κ2) is 11.0. The van der Waals surface area contributed by atoms with Gasteiger partial charge in [0.2, 0.25) is 0 Å². The molecule has 0 aromatic carbocycles. The first-order valence-electron chi connectivity index (χ1n) is 11.3. The van der Waals surface area contributed by atoms with Crippen molar-refractivity contribution in [3.63, 3.8) is 0 Å². The summed E-state index contributed by atoms with van der Waals surface area (Å²) in [5, 5.41) is 19.6. The van der Waals surface area contributed by atoms with E-state index in [0.29, 0.717) is 18.6 Å². The van der Waals surface area contributed by atoms with Gasteiger partial charge in [0.05, 0.1) is 18.9 Å². The summed E-state index contributed by atoms with van der Waals surface area (Å²) in [7, 11) is 0. The van der Waals surface area contributed by atoms with Crippen LogP contribution in [0.1, 0.15) is 49.2 Å². The van der Waals surface area contributed by atoms with E-state index in [-0.39, 0.29) is 6.10 Å². The molecule has 4 rings (SSSR count). The molecule has 0 spiro atoms. The van der Waals surface area contributed by atoms with Gasteiger partial charge in [-0.1, -0.05) is 18.9 Å². The molecule has 164 valence electrons. The van der Waals surface area contributed by atoms with E-state index in [1.165, 1.54) is 17.7 Å². The standard InChI is InChI=1S/C23H34N4O2S/c28-22-8-2-1-7-21(22)27-13-10-18(11-14-27)26-23(25-17-20-6-4-16-30-20)24-12-9-19-5-3-15-29-19/h3-6,15-16,18,21-22,28H,1-2,7-14,17H2,(H2,24,25,26). The molecule has 2 fully saturated rings. The van der Waals surface area contributed by atoms with Gasteiger partial charge >= 0.3 is 0 Å². The number of aliphatic imine (C=N–C) groups is 1. The monoisotopic (exact) mass is 430 g/mol. The molecule has 2 aliphatic rings. The van der Waals surface area contributed by atoms with Crippen molar-refractivity contribution in [2.75, 3.05) is 19.6 Å². The maximum absolute atomic E-state index is 10.4. The van der Waals surface area contributed by atoms with Crippen molar-refractivity contribution in [2.24, 2.45) is 4.99 Å². The number of hydrogen-bond acceptors (Lipinski definition) is 5. The Morgan fingerprint density at radius 1 is 1.17 bits per heavy atom. The molecule has 1 saturated carbocycles. The third kappa shape index (κ3) is 6.09. The number of guanidine groups is 1. The summed E-state index contributed by atoms with van der Waals surface area (Å²) in [5.41, 5.74) is 0. The van der Waals surface area contributed by atoms with Crippen LogP contribution in [-0.2, 0) is 13.0 Å². The first kappa shape index (κ1) is 21.4. The molecule has 0 radical (unpaired) electrons. The van der Waals surface area contributed by atoms with Crippen LogP contribution in [0.5, 0.6) is 0 Å². The van der Waals surface area contributed by atoms with Gasteiger partial charge in [0.15, 0.2) is 5.96 Å². The van der Waals surface area contributed by atoms with Gasteiger partial charge in [-0.05, 0) is 49.3 Å². The van der Waals surface area contributed by atoms with Crippen molar-refractivity contribution in [3.05, 3.63) is 46.5 Å². The Hall–Kier alpha value is -1.83. The molecule has 30 heavy (non-hydrogen) atoms. The van der Waals surface area contributed by atoms with Crippen molar-refractivity contribution in [1.82, 2.24) is 15.5 Å². The summed E-state index contributed by atoms with van der Waals surface area (Å²) in [6.45, 7) is 3.58. The highest BCUT2D eigenvalue weighted by molar-refractivity contribution is 7.09. The first-order chi connectivity index (χ1) is 14.8. The number of nitrogens with zero attached hydrogens (tertiary/aromatic N) is 2. The lowest BCUT2D eigenvalue weighted by Crippen LogP contribution is -2.53. The van der Waals surface area contributed by atoms with Crippen LogP contribution in [0.25, 0.3) is 0 Å². The van der Waals surface area contributed by atoms with E-state index in [2.05, 4.69) is 33.0 Å². The molecule has 2 unspecified atom stereocenters. The van der Waals surface area contributed by atoms with E-state index in [4.69, 9.17) is 9.41 Å². The third-order valence-electron chi connectivity index (χ3n) is 6.25. The quantitative estimate of drug-likeness (QED) is 0.464. The number of hydrogen-bond donors (Lipinski definition) is 3. The van der Waals surface area contributed by atoms with Gasteiger partial charge in [-0.3, -0.25) is 4.90 Å². The minimum absolute atomic E-state index is 0.144. The number of thiophene rings is 1. The fourth-order valence-electron chi connectivity index (χ4n) is 4.56. The van der Waals surface area contributed by atoms with Crippen LogP contribution in [0.4, 0.5) is 0 Å². The second-order valence-corrected chi connectivity index (χ2v) is 9.41. The van der Waals surface area contributed by atoms with Crippen molar-refractivity contribution in [2.45, 2.75) is 69.7 Å². The zero-order valence-electron chi connectivity index (χ0n) is 17.6. The summed E-state index contributed by atoms with van der Waals surface area (Å²) in [4.78, 5) is 8.60. The van der Waals surface area contributed by atoms with Crippen LogP contribution < -0.4 is 10.6 Å². The number of aliphatic hydroxyl groups is 1. The summed E-state index contributed by atoms with van der Waals surface area (Å²) in [6.07, 6.45) is 9.10. The second-order valence-electron chi connectivity index (χ2n) is 8.37. The van der Waals surface area contributed by atoms with Crippen LogP contribution in [0.2, 0.25) is 0 Å². The topological polar surface area (TPSA) is 73.0 Å². The molecule has 3 N–H and O–H groups in total. The van der Waals surface area contributed by atoms with Gasteiger partial charge in [-0.15, -0.1) is 11.3 Å². The minimum Gasteiger partial charge on any atom is -0.469 e. The van der Waals surface area contributed by atoms with Crippen molar-refractivity contribution in [1.29, 1.82) is 0 Å². The zero-order chi connectivity index (χ0) is 20.6. The molecule has 1 aliphatic heterocycles. The molecule has 7 heteroatoms. The zero-order valence-corrected chi connectivity index (χ0v) is 18.4. The molecule has 2 aromatic heterocycles. The Bertz CT molecular complexity index is 754. The van der Waals surface area contributed by atoms with Gasteiger partial charge in [-0.2, -0.15) is 0 Å². The lowest BCUT2D eigenvalue weighted by atomic mass is 9.89. The average Bonchev–Trinajstić information content (AvgIpc) is 3.47. The number of furan rings is 1. The summed E-state index contributed by atoms with van der Waals surface area (Å²) < 4.78 is 5.44. The molecule has 0 bridgehead atoms. The number of likely N-dealkylation sites (tertiary alicyclic amines) is 1. The number of piperidine rings is 1. The molecular formula is C23H34N4O2S. The minimum atomic E-state index is -0.144. The number of aliphatic hydroxyl groups excluding tert-OH is 1. The number of nitrogens with one attached hydrogen (secondary N) is 2. The Labute approximate surface area is 183 Å². The molecule has 6 nitrogen and oxygen atoms in total. The van der Waals surface area contributed by atoms with E-state index in [0.717, 1.165) is 63.5 Å². The summed E-state index contributed by atoms with van der Waals surface area (Å²) in [5.74, 6) is 1.87. The van der Waals surface area contributed by atoms with Gasteiger partial charge in [0.25, 0.3) is 0 Å². The van der Waals surface area contributed by atoms with Gasteiger partial charge in [-0.25, -0.2) is 4.99 Å². The van der Waals surface area contributed by atoms with Gasteiger partial charge < -0.3 is 20.2 Å². The first-order valence-corrected chi connectivity index (χ1v) is 12.2. The largest absolute Gasteiger partial charge is 0.469 e. The normalized spacial score (nSPS) is 24.1. The lowest BCUT2D eigenvalue weighted by molar-refractivity contribution is 0.00810. The fraction of sp³-hybridized carbons (Fsp3) is 0.609. The predicted octanol–water partition coefficient (Wildman–Crippen LogP) is 3.39. The molecule has 0 amide bonds. The summed E-state index contributed by atoms with van der Waals surface area (Å²) >= 11 is 1.74. The predicted molar refractivity (Wildman–Crippen MR) is 122 cm³/mol. The lowest BCUT2D eigenvalue weighted by Gasteiger charge is -2.41. The molecule has 3 heterocycles. The van der Waals surface area contributed by atoms with Gasteiger partial charge in [0, 0.05) is 43.0 Å². The Kier molecular flexibility index (Phi) is 7.83. The number of rotatable bonds is 7. The highest BCUT2D eigenvalue weighted by Crippen LogP contribution is 2.25. The molecule has 2 aromatic rings. The van der Waals surface area contributed by atoms with E-state index in [1.54, 1.807) is 17.6 Å². The van der Waals surface area contributed by atoms with Crippen LogP contribution >= 0.6 is 11.3 Å². The Morgan fingerprint density at radius 3 is 2.77 bits per heavy atom. The van der Waals surface area contributed by atoms with Crippen LogP contribution in [-0.4, -0.2) is 53.8 Å². The molecule has 1 saturated heterocycles. The Morgan fingerprint density at radius 2 is 2.03 bits per heavy atom. The van der Waals surface area contributed by atoms with Crippen LogP contribution in [0, 0.1) is 0 Å².